The molecule has 1 saturated carbocycles. The van der Waals surface area contributed by atoms with Gasteiger partial charge >= 0.3 is 5.97 Å². The van der Waals surface area contributed by atoms with E-state index in [1.807, 2.05) is 30.0 Å². The average Bonchev–Trinajstić information content (AvgIpc) is 2.70. The van der Waals surface area contributed by atoms with E-state index >= 15 is 0 Å². The zero-order valence-corrected chi connectivity index (χ0v) is 16.3. The van der Waals surface area contributed by atoms with Gasteiger partial charge in [0.05, 0.1) is 13.0 Å². The minimum atomic E-state index is -0.297. The summed E-state index contributed by atoms with van der Waals surface area (Å²) in [7, 11) is 1.40. The molecule has 26 heavy (non-hydrogen) atoms. The normalized spacial score (nSPS) is 16.1. The third-order valence-electron chi connectivity index (χ3n) is 5.45. The number of amides is 1. The number of rotatable bonds is 9. The maximum absolute atomic E-state index is 12.8. The van der Waals surface area contributed by atoms with Crippen LogP contribution in [-0.2, 0) is 20.7 Å². The van der Waals surface area contributed by atoms with Gasteiger partial charge in [-0.3, -0.25) is 9.59 Å². The first-order valence-corrected chi connectivity index (χ1v) is 9.99. The Morgan fingerprint density at radius 2 is 1.85 bits per heavy atom. The van der Waals surface area contributed by atoms with E-state index in [0.29, 0.717) is 25.4 Å². The highest BCUT2D eigenvalue weighted by molar-refractivity contribution is 5.78. The molecule has 1 atom stereocenters. The second kappa shape index (κ2) is 11.0. The Morgan fingerprint density at radius 3 is 2.50 bits per heavy atom. The largest absolute Gasteiger partial charge is 0.469 e. The zero-order valence-electron chi connectivity index (χ0n) is 16.3. The highest BCUT2D eigenvalue weighted by Gasteiger charge is 2.22. The number of hydrogen-bond donors (Lipinski definition) is 0. The molecule has 144 valence electrons. The molecule has 0 radical (unpaired) electrons. The summed E-state index contributed by atoms with van der Waals surface area (Å²) in [6, 6.07) is 10.2. The van der Waals surface area contributed by atoms with Gasteiger partial charge in [-0.15, -0.1) is 0 Å². The SMILES string of the molecule is COC(=O)C(C)CN(CCc1ccccc1)C(=O)CCC1CCCCC1. The summed E-state index contributed by atoms with van der Waals surface area (Å²) in [6.07, 6.45) is 8.84. The first-order chi connectivity index (χ1) is 12.6. The lowest BCUT2D eigenvalue weighted by atomic mass is 9.86. The lowest BCUT2D eigenvalue weighted by Gasteiger charge is -2.27. The first kappa shape index (κ1) is 20.5. The van der Waals surface area contributed by atoms with Crippen molar-refractivity contribution in [1.82, 2.24) is 4.90 Å². The van der Waals surface area contributed by atoms with Gasteiger partial charge in [-0.05, 0) is 24.3 Å². The number of esters is 1. The molecular formula is C22H33NO3. The molecule has 4 nitrogen and oxygen atoms in total. The van der Waals surface area contributed by atoms with Gasteiger partial charge in [0.25, 0.3) is 0 Å². The molecule has 1 unspecified atom stereocenters. The Bertz CT molecular complexity index is 552. The topological polar surface area (TPSA) is 46.6 Å². The van der Waals surface area contributed by atoms with Crippen molar-refractivity contribution >= 4 is 11.9 Å². The van der Waals surface area contributed by atoms with Crippen molar-refractivity contribution in [2.75, 3.05) is 20.2 Å². The molecule has 0 saturated heterocycles. The van der Waals surface area contributed by atoms with E-state index in [0.717, 1.165) is 12.8 Å². The fraction of sp³-hybridized carbons (Fsp3) is 0.636. The van der Waals surface area contributed by atoms with Gasteiger partial charge in [-0.25, -0.2) is 0 Å². The first-order valence-electron chi connectivity index (χ1n) is 9.99. The van der Waals surface area contributed by atoms with Crippen molar-refractivity contribution in [3.05, 3.63) is 35.9 Å². The lowest BCUT2D eigenvalue weighted by Crippen LogP contribution is -2.38. The van der Waals surface area contributed by atoms with E-state index < -0.39 is 0 Å². The molecule has 1 aromatic carbocycles. The number of nitrogens with zero attached hydrogens (tertiary/aromatic N) is 1. The monoisotopic (exact) mass is 359 g/mol. The van der Waals surface area contributed by atoms with E-state index in [1.54, 1.807) is 0 Å². The zero-order chi connectivity index (χ0) is 18.8. The maximum Gasteiger partial charge on any atom is 0.310 e. The van der Waals surface area contributed by atoms with Crippen LogP contribution in [0.25, 0.3) is 0 Å². The minimum Gasteiger partial charge on any atom is -0.469 e. The number of methoxy groups -OCH3 is 1. The molecule has 4 heteroatoms. The third kappa shape index (κ3) is 6.81. The van der Waals surface area contributed by atoms with Crippen LogP contribution >= 0.6 is 0 Å². The molecule has 0 spiro atoms. The van der Waals surface area contributed by atoms with Crippen molar-refractivity contribution in [2.24, 2.45) is 11.8 Å². The van der Waals surface area contributed by atoms with Crippen LogP contribution in [0, 0.1) is 11.8 Å². The molecule has 0 N–H and O–H groups in total. The van der Waals surface area contributed by atoms with Crippen molar-refractivity contribution < 1.29 is 14.3 Å². The summed E-state index contributed by atoms with van der Waals surface area (Å²) < 4.78 is 4.83. The maximum atomic E-state index is 12.8. The van der Waals surface area contributed by atoms with Crippen molar-refractivity contribution in [3.63, 3.8) is 0 Å². The van der Waals surface area contributed by atoms with Crippen LogP contribution in [0.4, 0.5) is 0 Å². The van der Waals surface area contributed by atoms with Crippen molar-refractivity contribution in [3.8, 4) is 0 Å². The summed E-state index contributed by atoms with van der Waals surface area (Å²) in [5, 5.41) is 0. The summed E-state index contributed by atoms with van der Waals surface area (Å²) in [4.78, 5) is 26.5. The molecular weight excluding hydrogens is 326 g/mol. The van der Waals surface area contributed by atoms with Crippen LogP contribution in [0.15, 0.2) is 30.3 Å². The number of carbonyl (C=O) groups excluding carboxylic acids is 2. The van der Waals surface area contributed by atoms with Gasteiger partial charge in [0, 0.05) is 19.5 Å². The van der Waals surface area contributed by atoms with E-state index in [2.05, 4.69) is 12.1 Å². The molecule has 2 rings (SSSR count). The summed E-state index contributed by atoms with van der Waals surface area (Å²) >= 11 is 0. The van der Waals surface area contributed by atoms with Crippen LogP contribution in [0.5, 0.6) is 0 Å². The van der Waals surface area contributed by atoms with E-state index in [1.165, 1.54) is 44.8 Å². The smallest absolute Gasteiger partial charge is 0.310 e. The molecule has 0 bridgehead atoms. The number of carbonyl (C=O) groups is 2. The second-order valence-electron chi connectivity index (χ2n) is 7.54. The van der Waals surface area contributed by atoms with Gasteiger partial charge < -0.3 is 9.64 Å². The third-order valence-corrected chi connectivity index (χ3v) is 5.45. The molecule has 1 aliphatic rings. The molecule has 0 aliphatic heterocycles. The Kier molecular flexibility index (Phi) is 8.66. The van der Waals surface area contributed by atoms with Gasteiger partial charge in [-0.2, -0.15) is 0 Å². The van der Waals surface area contributed by atoms with Crippen molar-refractivity contribution in [1.29, 1.82) is 0 Å². The fourth-order valence-corrected chi connectivity index (χ4v) is 3.79. The molecule has 1 fully saturated rings. The van der Waals surface area contributed by atoms with Gasteiger partial charge in [0.15, 0.2) is 0 Å². The van der Waals surface area contributed by atoms with Crippen LogP contribution in [0.1, 0.15) is 57.4 Å². The fourth-order valence-electron chi connectivity index (χ4n) is 3.79. The number of hydrogen-bond acceptors (Lipinski definition) is 3. The molecule has 1 amide bonds. The Labute approximate surface area is 157 Å². The van der Waals surface area contributed by atoms with Crippen LogP contribution in [0.3, 0.4) is 0 Å². The molecule has 1 aromatic rings. The number of benzene rings is 1. The Morgan fingerprint density at radius 1 is 1.15 bits per heavy atom. The lowest BCUT2D eigenvalue weighted by molar-refractivity contribution is -0.146. The van der Waals surface area contributed by atoms with Gasteiger partial charge in [0.2, 0.25) is 5.91 Å². The quantitative estimate of drug-likeness (QED) is 0.620. The number of ether oxygens (including phenoxy) is 1. The molecule has 0 heterocycles. The average molecular weight is 360 g/mol. The van der Waals surface area contributed by atoms with Crippen LogP contribution in [-0.4, -0.2) is 37.0 Å². The van der Waals surface area contributed by atoms with Crippen molar-refractivity contribution in [2.45, 2.75) is 58.3 Å². The Hall–Kier alpha value is -1.84. The summed E-state index contributed by atoms with van der Waals surface area (Å²) in [6.45, 7) is 2.91. The molecule has 0 aromatic heterocycles. The van der Waals surface area contributed by atoms with Crippen LogP contribution in [0.2, 0.25) is 0 Å². The highest BCUT2D eigenvalue weighted by atomic mass is 16.5. The van der Waals surface area contributed by atoms with E-state index in [9.17, 15) is 9.59 Å². The van der Waals surface area contributed by atoms with E-state index in [4.69, 9.17) is 4.74 Å². The van der Waals surface area contributed by atoms with Crippen LogP contribution < -0.4 is 0 Å². The summed E-state index contributed by atoms with van der Waals surface area (Å²) in [5.74, 6) is 0.313. The highest BCUT2D eigenvalue weighted by Crippen LogP contribution is 2.27. The molecule has 1 aliphatic carbocycles. The van der Waals surface area contributed by atoms with Gasteiger partial charge in [0.1, 0.15) is 0 Å². The predicted molar refractivity (Wildman–Crippen MR) is 104 cm³/mol. The minimum absolute atomic E-state index is 0.169. The second-order valence-corrected chi connectivity index (χ2v) is 7.54. The van der Waals surface area contributed by atoms with Gasteiger partial charge in [-0.1, -0.05) is 69.4 Å². The standard InChI is InChI=1S/C22H33NO3/c1-18(22(25)26-2)17-23(16-15-20-11-7-4-8-12-20)21(24)14-13-19-9-5-3-6-10-19/h4,7-8,11-12,18-19H,3,5-6,9-10,13-17H2,1-2H3. The predicted octanol–water partition coefficient (Wildman–Crippen LogP) is 4.23. The Balaban J connectivity index is 1.91. The van der Waals surface area contributed by atoms with E-state index in [-0.39, 0.29) is 17.8 Å². The summed E-state index contributed by atoms with van der Waals surface area (Å²) in [5.41, 5.74) is 1.21.